The van der Waals surface area contributed by atoms with E-state index in [9.17, 15) is 18.0 Å². The first-order valence-corrected chi connectivity index (χ1v) is 9.01. The molecule has 3 aromatic rings. The third-order valence-corrected chi connectivity index (χ3v) is 4.83. The molecular weight excluding hydrogens is 383 g/mol. The Morgan fingerprint density at radius 2 is 1.69 bits per heavy atom. The van der Waals surface area contributed by atoms with Gasteiger partial charge in [0.15, 0.2) is 0 Å². The minimum atomic E-state index is -4.36. The first-order chi connectivity index (χ1) is 13.8. The number of benzene rings is 2. The first kappa shape index (κ1) is 19.0. The third-order valence-electron chi connectivity index (χ3n) is 4.83. The topological polar surface area (TPSA) is 47.4 Å². The maximum atomic E-state index is 13.4. The van der Waals surface area contributed by atoms with Crippen molar-refractivity contribution in [2.24, 2.45) is 0 Å². The fourth-order valence-electron chi connectivity index (χ4n) is 3.52. The van der Waals surface area contributed by atoms with Crippen molar-refractivity contribution in [2.45, 2.75) is 25.2 Å². The molecule has 2 aromatic carbocycles. The zero-order valence-corrected chi connectivity index (χ0v) is 15.6. The zero-order chi connectivity index (χ0) is 20.6. The van der Waals surface area contributed by atoms with Crippen LogP contribution in [-0.4, -0.2) is 33.6 Å². The van der Waals surface area contributed by atoms with Gasteiger partial charge in [0.05, 0.1) is 12.5 Å². The molecular formula is C21H18F3N3O2. The van der Waals surface area contributed by atoms with Gasteiger partial charge in [0, 0.05) is 30.6 Å². The van der Waals surface area contributed by atoms with Crippen molar-refractivity contribution in [3.8, 4) is 11.5 Å². The molecule has 0 bridgehead atoms. The first-order valence-electron chi connectivity index (χ1n) is 9.01. The molecule has 0 fully saturated rings. The lowest BCUT2D eigenvalue weighted by Crippen LogP contribution is -2.34. The van der Waals surface area contributed by atoms with Crippen molar-refractivity contribution in [1.82, 2.24) is 14.5 Å². The molecule has 29 heavy (non-hydrogen) atoms. The van der Waals surface area contributed by atoms with Gasteiger partial charge in [0.2, 0.25) is 5.91 Å². The van der Waals surface area contributed by atoms with Crippen molar-refractivity contribution in [1.29, 1.82) is 0 Å². The number of hydrogen-bond donors (Lipinski definition) is 0. The van der Waals surface area contributed by atoms with Gasteiger partial charge < -0.3 is 14.2 Å². The van der Waals surface area contributed by atoms with Gasteiger partial charge in [-0.05, 0) is 12.1 Å². The number of hydrogen-bond acceptors (Lipinski definition) is 3. The van der Waals surface area contributed by atoms with Gasteiger partial charge in [-0.1, -0.05) is 36.4 Å². The predicted molar refractivity (Wildman–Crippen MR) is 99.6 cm³/mol. The molecule has 0 saturated heterocycles. The second-order valence-corrected chi connectivity index (χ2v) is 6.89. The Morgan fingerprint density at radius 3 is 2.28 bits per heavy atom. The van der Waals surface area contributed by atoms with Crippen molar-refractivity contribution < 1.29 is 22.7 Å². The second kappa shape index (κ2) is 7.27. The van der Waals surface area contributed by atoms with Crippen LogP contribution in [0.1, 0.15) is 22.9 Å². The largest absolute Gasteiger partial charge is 0.457 e. The molecule has 0 spiro atoms. The summed E-state index contributed by atoms with van der Waals surface area (Å²) in [4.78, 5) is 18.8. The average molecular weight is 401 g/mol. The van der Waals surface area contributed by atoms with E-state index in [1.54, 1.807) is 19.2 Å². The lowest BCUT2D eigenvalue weighted by molar-refractivity contribution is -0.141. The van der Waals surface area contributed by atoms with E-state index >= 15 is 0 Å². The van der Waals surface area contributed by atoms with E-state index in [-0.39, 0.29) is 18.3 Å². The number of ether oxygens (including phenoxy) is 1. The zero-order valence-electron chi connectivity index (χ0n) is 15.6. The number of nitrogens with zero attached hydrogens (tertiary/aromatic N) is 3. The van der Waals surface area contributed by atoms with Crippen LogP contribution in [0.3, 0.4) is 0 Å². The standard InChI is InChI=1S/C21H18F3N3O2/c1-26(12-18-25-10-11-27(18)13-21(22,23)24)20(28)19-14-6-2-4-8-16(14)29-17-9-5-3-7-15(17)19/h2-11,19H,12-13H2,1H3. The van der Waals surface area contributed by atoms with Gasteiger partial charge in [-0.2, -0.15) is 13.2 Å². The number of amides is 1. The molecule has 0 atom stereocenters. The minimum Gasteiger partial charge on any atom is -0.457 e. The van der Waals surface area contributed by atoms with Gasteiger partial charge in [-0.25, -0.2) is 4.98 Å². The van der Waals surface area contributed by atoms with Crippen molar-refractivity contribution >= 4 is 5.91 Å². The molecule has 0 N–H and O–H groups in total. The Balaban J connectivity index is 1.63. The number of alkyl halides is 3. The highest BCUT2D eigenvalue weighted by molar-refractivity contribution is 5.89. The summed E-state index contributed by atoms with van der Waals surface area (Å²) < 4.78 is 45.2. The fourth-order valence-corrected chi connectivity index (χ4v) is 3.52. The van der Waals surface area contributed by atoms with Crippen LogP contribution in [0.25, 0.3) is 0 Å². The van der Waals surface area contributed by atoms with Crippen molar-refractivity contribution in [3.05, 3.63) is 77.9 Å². The number of fused-ring (bicyclic) bond motifs is 2. The van der Waals surface area contributed by atoms with Gasteiger partial charge in [0.1, 0.15) is 23.9 Å². The van der Waals surface area contributed by atoms with Crippen LogP contribution in [0.2, 0.25) is 0 Å². The van der Waals surface area contributed by atoms with E-state index in [1.807, 2.05) is 36.4 Å². The van der Waals surface area contributed by atoms with Gasteiger partial charge in [-0.3, -0.25) is 4.79 Å². The Labute approximate surface area is 165 Å². The molecule has 2 heterocycles. The summed E-state index contributed by atoms with van der Waals surface area (Å²) in [5.74, 6) is 0.516. The monoisotopic (exact) mass is 401 g/mol. The van der Waals surface area contributed by atoms with Crippen LogP contribution in [0.5, 0.6) is 11.5 Å². The molecule has 1 aliphatic rings. The van der Waals surface area contributed by atoms with E-state index in [2.05, 4.69) is 4.98 Å². The highest BCUT2D eigenvalue weighted by atomic mass is 19.4. The number of rotatable bonds is 4. The number of carbonyl (C=O) groups excluding carboxylic acids is 1. The van der Waals surface area contributed by atoms with Crippen molar-refractivity contribution in [2.75, 3.05) is 7.05 Å². The van der Waals surface area contributed by atoms with Gasteiger partial charge >= 0.3 is 6.18 Å². The summed E-state index contributed by atoms with van der Waals surface area (Å²) >= 11 is 0. The number of likely N-dealkylation sites (N-methyl/N-ethyl adjacent to an activating group) is 1. The summed E-state index contributed by atoms with van der Waals surface area (Å²) in [6.45, 7) is -1.18. The summed E-state index contributed by atoms with van der Waals surface area (Å²) in [5, 5.41) is 0. The normalized spacial score (nSPS) is 13.4. The molecule has 150 valence electrons. The molecule has 0 saturated carbocycles. The summed E-state index contributed by atoms with van der Waals surface area (Å²) in [6, 6.07) is 14.5. The minimum absolute atomic E-state index is 0.0381. The maximum Gasteiger partial charge on any atom is 0.406 e. The molecule has 0 radical (unpaired) electrons. The summed E-state index contributed by atoms with van der Waals surface area (Å²) in [7, 11) is 1.57. The van der Waals surface area contributed by atoms with Crippen molar-refractivity contribution in [3.63, 3.8) is 0 Å². The lowest BCUT2D eigenvalue weighted by Gasteiger charge is -2.30. The Bertz CT molecular complexity index is 1000. The van der Waals surface area contributed by atoms with Crippen LogP contribution in [0, 0.1) is 0 Å². The predicted octanol–water partition coefficient (Wildman–Crippen LogP) is 4.34. The van der Waals surface area contributed by atoms with E-state index < -0.39 is 18.6 Å². The third kappa shape index (κ3) is 3.83. The lowest BCUT2D eigenvalue weighted by atomic mass is 9.87. The van der Waals surface area contributed by atoms with Crippen LogP contribution >= 0.6 is 0 Å². The highest BCUT2D eigenvalue weighted by Gasteiger charge is 2.35. The molecule has 0 unspecified atom stereocenters. The van der Waals surface area contributed by atoms with Crippen LogP contribution in [0.4, 0.5) is 13.2 Å². The number of halogens is 3. The highest BCUT2D eigenvalue weighted by Crippen LogP contribution is 2.44. The van der Waals surface area contributed by atoms with E-state index in [0.717, 1.165) is 15.7 Å². The second-order valence-electron chi connectivity index (χ2n) is 6.89. The molecule has 8 heteroatoms. The molecule has 4 rings (SSSR count). The smallest absolute Gasteiger partial charge is 0.406 e. The maximum absolute atomic E-state index is 13.4. The van der Waals surface area contributed by atoms with Crippen LogP contribution in [-0.2, 0) is 17.9 Å². The van der Waals surface area contributed by atoms with E-state index in [0.29, 0.717) is 11.5 Å². The quantitative estimate of drug-likeness (QED) is 0.653. The number of carbonyl (C=O) groups is 1. The number of para-hydroxylation sites is 2. The van der Waals surface area contributed by atoms with Crippen LogP contribution in [0.15, 0.2) is 60.9 Å². The molecule has 1 aliphatic heterocycles. The summed E-state index contributed by atoms with van der Waals surface area (Å²) in [5.41, 5.74) is 1.45. The summed E-state index contributed by atoms with van der Waals surface area (Å²) in [6.07, 6.45) is -1.80. The van der Waals surface area contributed by atoms with Crippen LogP contribution < -0.4 is 4.74 Å². The Hall–Kier alpha value is -3.29. The van der Waals surface area contributed by atoms with E-state index in [1.165, 1.54) is 17.3 Å². The Morgan fingerprint density at radius 1 is 1.10 bits per heavy atom. The average Bonchev–Trinajstić information content (AvgIpc) is 3.10. The fraction of sp³-hybridized carbons (Fsp3) is 0.238. The number of imidazole rings is 1. The molecule has 1 aromatic heterocycles. The SMILES string of the molecule is CN(Cc1nccn1CC(F)(F)F)C(=O)C1c2ccccc2Oc2ccccc21. The number of aromatic nitrogens is 2. The van der Waals surface area contributed by atoms with Gasteiger partial charge in [-0.15, -0.1) is 0 Å². The molecule has 5 nitrogen and oxygen atoms in total. The van der Waals surface area contributed by atoms with E-state index in [4.69, 9.17) is 4.74 Å². The molecule has 1 amide bonds. The van der Waals surface area contributed by atoms with Gasteiger partial charge in [0.25, 0.3) is 0 Å². The Kier molecular flexibility index (Phi) is 4.77. The molecule has 0 aliphatic carbocycles.